The molecule has 4 unspecified atom stereocenters. The number of amides is 1. The van der Waals surface area contributed by atoms with E-state index < -0.39 is 0 Å². The highest BCUT2D eigenvalue weighted by molar-refractivity contribution is 5.78. The summed E-state index contributed by atoms with van der Waals surface area (Å²) in [5.74, 6) is 1.39. The zero-order chi connectivity index (χ0) is 13.8. The van der Waals surface area contributed by atoms with Gasteiger partial charge in [-0.05, 0) is 44.6 Å². The molecule has 1 saturated heterocycles. The lowest BCUT2D eigenvalue weighted by atomic mass is 9.86. The molecule has 1 amide bonds. The molecule has 0 spiro atoms. The number of nitrogens with zero attached hydrogens (tertiary/aromatic N) is 1. The van der Waals surface area contributed by atoms with E-state index in [1.807, 2.05) is 0 Å². The number of carbonyl (C=O) groups is 1. The molecule has 2 aliphatic rings. The van der Waals surface area contributed by atoms with E-state index in [1.165, 1.54) is 19.3 Å². The molecule has 110 valence electrons. The van der Waals surface area contributed by atoms with Crippen molar-refractivity contribution in [1.29, 1.82) is 0 Å². The molecule has 2 fully saturated rings. The summed E-state index contributed by atoms with van der Waals surface area (Å²) >= 11 is 0. The van der Waals surface area contributed by atoms with Crippen molar-refractivity contribution in [2.75, 3.05) is 19.6 Å². The molecule has 19 heavy (non-hydrogen) atoms. The number of hydrogen-bond acceptors (Lipinski definition) is 3. The monoisotopic (exact) mass is 267 g/mol. The first-order valence-corrected chi connectivity index (χ1v) is 7.83. The average Bonchev–Trinajstić information content (AvgIpc) is 2.80. The van der Waals surface area contributed by atoms with E-state index in [0.717, 1.165) is 25.9 Å². The number of likely N-dealkylation sites (tertiary alicyclic amines) is 1. The molecule has 4 nitrogen and oxygen atoms in total. The van der Waals surface area contributed by atoms with Gasteiger partial charge in [-0.15, -0.1) is 0 Å². The summed E-state index contributed by atoms with van der Waals surface area (Å²) in [6, 6.07) is 0.638. The Hall–Kier alpha value is -0.610. The Balaban J connectivity index is 1.72. The molecular weight excluding hydrogens is 238 g/mol. The Morgan fingerprint density at radius 2 is 2.11 bits per heavy atom. The predicted octanol–water partition coefficient (Wildman–Crippen LogP) is 1.35. The summed E-state index contributed by atoms with van der Waals surface area (Å²) in [4.78, 5) is 14.4. The van der Waals surface area contributed by atoms with Gasteiger partial charge in [0.15, 0.2) is 0 Å². The maximum atomic E-state index is 12.1. The molecule has 4 heteroatoms. The Bertz CT molecular complexity index is 306. The Labute approximate surface area is 117 Å². The molecule has 1 saturated carbocycles. The van der Waals surface area contributed by atoms with Crippen molar-refractivity contribution in [2.45, 2.75) is 58.0 Å². The molecular formula is C15H29N3O. The van der Waals surface area contributed by atoms with E-state index >= 15 is 0 Å². The van der Waals surface area contributed by atoms with E-state index in [1.54, 1.807) is 0 Å². The van der Waals surface area contributed by atoms with Gasteiger partial charge in [0.25, 0.3) is 0 Å². The van der Waals surface area contributed by atoms with Crippen LogP contribution in [-0.4, -0.2) is 42.5 Å². The van der Waals surface area contributed by atoms with Crippen molar-refractivity contribution in [3.8, 4) is 0 Å². The van der Waals surface area contributed by atoms with Crippen LogP contribution in [0.1, 0.15) is 46.0 Å². The molecule has 1 aliphatic heterocycles. The minimum atomic E-state index is 0.198. The van der Waals surface area contributed by atoms with Crippen LogP contribution in [0.2, 0.25) is 0 Å². The Morgan fingerprint density at radius 3 is 2.74 bits per heavy atom. The second-order valence-electron chi connectivity index (χ2n) is 6.58. The molecule has 1 heterocycles. The van der Waals surface area contributed by atoms with E-state index in [0.29, 0.717) is 24.4 Å². The first-order chi connectivity index (χ1) is 9.06. The van der Waals surface area contributed by atoms with Crippen molar-refractivity contribution in [1.82, 2.24) is 10.2 Å². The first kappa shape index (κ1) is 14.8. The SMILES string of the molecule is CC(N)C1CCN(CC(=O)NC2CCCCC2C)C1. The molecule has 0 radical (unpaired) electrons. The molecule has 0 bridgehead atoms. The van der Waals surface area contributed by atoms with Crippen LogP contribution in [0.4, 0.5) is 0 Å². The van der Waals surface area contributed by atoms with Crippen molar-refractivity contribution in [3.05, 3.63) is 0 Å². The zero-order valence-corrected chi connectivity index (χ0v) is 12.4. The van der Waals surface area contributed by atoms with Gasteiger partial charge in [-0.1, -0.05) is 19.8 Å². The van der Waals surface area contributed by atoms with E-state index in [-0.39, 0.29) is 11.9 Å². The fourth-order valence-electron chi connectivity index (χ4n) is 3.42. The first-order valence-electron chi connectivity index (χ1n) is 7.83. The summed E-state index contributed by atoms with van der Waals surface area (Å²) in [6.45, 7) is 6.86. The smallest absolute Gasteiger partial charge is 0.234 e. The normalized spacial score (nSPS) is 34.2. The topological polar surface area (TPSA) is 58.4 Å². The fourth-order valence-corrected chi connectivity index (χ4v) is 3.42. The van der Waals surface area contributed by atoms with Gasteiger partial charge in [-0.2, -0.15) is 0 Å². The second-order valence-corrected chi connectivity index (χ2v) is 6.58. The highest BCUT2D eigenvalue weighted by Crippen LogP contribution is 2.24. The van der Waals surface area contributed by atoms with Crippen molar-refractivity contribution >= 4 is 5.91 Å². The van der Waals surface area contributed by atoms with Crippen LogP contribution >= 0.6 is 0 Å². The summed E-state index contributed by atoms with van der Waals surface area (Å²) in [5.41, 5.74) is 5.93. The molecule has 0 aromatic rings. The van der Waals surface area contributed by atoms with Gasteiger partial charge < -0.3 is 11.1 Å². The molecule has 3 N–H and O–H groups in total. The summed E-state index contributed by atoms with van der Waals surface area (Å²) in [5, 5.41) is 3.23. The van der Waals surface area contributed by atoms with Crippen molar-refractivity contribution in [3.63, 3.8) is 0 Å². The highest BCUT2D eigenvalue weighted by Gasteiger charge is 2.28. The van der Waals surface area contributed by atoms with Crippen LogP contribution in [0.5, 0.6) is 0 Å². The van der Waals surface area contributed by atoms with Gasteiger partial charge in [0.05, 0.1) is 6.54 Å². The van der Waals surface area contributed by atoms with Crippen LogP contribution in [0.3, 0.4) is 0 Å². The van der Waals surface area contributed by atoms with E-state index in [9.17, 15) is 4.79 Å². The van der Waals surface area contributed by atoms with Gasteiger partial charge in [0.1, 0.15) is 0 Å². The van der Waals surface area contributed by atoms with Crippen LogP contribution < -0.4 is 11.1 Å². The third-order valence-electron chi connectivity index (χ3n) is 4.88. The summed E-state index contributed by atoms with van der Waals surface area (Å²) < 4.78 is 0. The largest absolute Gasteiger partial charge is 0.352 e. The third kappa shape index (κ3) is 4.18. The number of hydrogen-bond donors (Lipinski definition) is 2. The zero-order valence-electron chi connectivity index (χ0n) is 12.4. The average molecular weight is 267 g/mol. The molecule has 4 atom stereocenters. The van der Waals surface area contributed by atoms with Gasteiger partial charge in [0.2, 0.25) is 5.91 Å². The maximum absolute atomic E-state index is 12.1. The number of nitrogens with two attached hydrogens (primary N) is 1. The Kier molecular flexibility index (Phi) is 5.22. The standard InChI is InChI=1S/C15H29N3O/c1-11-5-3-4-6-14(11)17-15(19)10-18-8-7-13(9-18)12(2)16/h11-14H,3-10,16H2,1-2H3,(H,17,19). The van der Waals surface area contributed by atoms with Crippen molar-refractivity contribution in [2.24, 2.45) is 17.6 Å². The second kappa shape index (κ2) is 6.71. The lowest BCUT2D eigenvalue weighted by Gasteiger charge is -2.30. The predicted molar refractivity (Wildman–Crippen MR) is 77.8 cm³/mol. The quantitative estimate of drug-likeness (QED) is 0.808. The summed E-state index contributed by atoms with van der Waals surface area (Å²) in [7, 11) is 0. The van der Waals surface area contributed by atoms with Gasteiger partial charge in [-0.3, -0.25) is 9.69 Å². The van der Waals surface area contributed by atoms with Crippen LogP contribution in [0.25, 0.3) is 0 Å². The summed E-state index contributed by atoms with van der Waals surface area (Å²) in [6.07, 6.45) is 6.10. The number of carbonyl (C=O) groups excluding carboxylic acids is 1. The van der Waals surface area contributed by atoms with Crippen molar-refractivity contribution < 1.29 is 4.79 Å². The van der Waals surface area contributed by atoms with Gasteiger partial charge >= 0.3 is 0 Å². The minimum absolute atomic E-state index is 0.198. The van der Waals surface area contributed by atoms with Crippen LogP contribution in [0, 0.1) is 11.8 Å². The highest BCUT2D eigenvalue weighted by atomic mass is 16.2. The molecule has 0 aromatic carbocycles. The van der Waals surface area contributed by atoms with Gasteiger partial charge in [0, 0.05) is 18.6 Å². The maximum Gasteiger partial charge on any atom is 0.234 e. The lowest BCUT2D eigenvalue weighted by Crippen LogP contribution is -2.45. The molecule has 0 aromatic heterocycles. The van der Waals surface area contributed by atoms with E-state index in [4.69, 9.17) is 5.73 Å². The fraction of sp³-hybridized carbons (Fsp3) is 0.933. The Morgan fingerprint density at radius 1 is 1.37 bits per heavy atom. The lowest BCUT2D eigenvalue weighted by molar-refractivity contribution is -0.123. The molecule has 1 aliphatic carbocycles. The van der Waals surface area contributed by atoms with Gasteiger partial charge in [-0.25, -0.2) is 0 Å². The van der Waals surface area contributed by atoms with Crippen LogP contribution in [0.15, 0.2) is 0 Å². The minimum Gasteiger partial charge on any atom is -0.352 e. The van der Waals surface area contributed by atoms with E-state index in [2.05, 4.69) is 24.1 Å². The van der Waals surface area contributed by atoms with Crippen LogP contribution in [-0.2, 0) is 4.79 Å². The number of nitrogens with one attached hydrogen (secondary N) is 1. The third-order valence-corrected chi connectivity index (χ3v) is 4.88. The molecule has 2 rings (SSSR count). The number of rotatable bonds is 4.